The van der Waals surface area contributed by atoms with Crippen LogP contribution in [-0.2, 0) is 26.1 Å². The SMILES string of the molecule is Cc1ccc(S(N)(=O)=O)cc1C(=O)OCC(=O)NC(=O)NCc1ccccc1. The van der Waals surface area contributed by atoms with E-state index >= 15 is 0 Å². The molecule has 2 aromatic carbocycles. The lowest BCUT2D eigenvalue weighted by atomic mass is 10.1. The Bertz CT molecular complexity index is 990. The second-order valence-electron chi connectivity index (χ2n) is 5.81. The number of esters is 1. The van der Waals surface area contributed by atoms with Crippen LogP contribution >= 0.6 is 0 Å². The molecule has 0 aliphatic rings. The van der Waals surface area contributed by atoms with Gasteiger partial charge in [0.15, 0.2) is 6.61 Å². The predicted molar refractivity (Wildman–Crippen MR) is 99.7 cm³/mol. The molecule has 0 spiro atoms. The second-order valence-corrected chi connectivity index (χ2v) is 7.38. The summed E-state index contributed by atoms with van der Waals surface area (Å²) < 4.78 is 27.6. The van der Waals surface area contributed by atoms with Crippen LogP contribution in [0.4, 0.5) is 4.79 Å². The molecule has 28 heavy (non-hydrogen) atoms. The topological polar surface area (TPSA) is 145 Å². The van der Waals surface area contributed by atoms with Crippen LogP contribution < -0.4 is 15.8 Å². The standard InChI is InChI=1S/C18H19N3O6S/c1-12-7-8-14(28(19,25)26)9-15(12)17(23)27-11-16(22)21-18(24)20-10-13-5-3-2-4-6-13/h2-9H,10-11H2,1H3,(H2,19,25,26)(H2,20,21,22,24). The molecule has 0 saturated heterocycles. The van der Waals surface area contributed by atoms with E-state index in [4.69, 9.17) is 9.88 Å². The summed E-state index contributed by atoms with van der Waals surface area (Å²) in [6, 6.07) is 12.1. The van der Waals surface area contributed by atoms with Gasteiger partial charge in [-0.25, -0.2) is 23.1 Å². The van der Waals surface area contributed by atoms with Crippen LogP contribution in [0.2, 0.25) is 0 Å². The largest absolute Gasteiger partial charge is 0.452 e. The van der Waals surface area contributed by atoms with E-state index in [-0.39, 0.29) is 17.0 Å². The lowest BCUT2D eigenvalue weighted by Gasteiger charge is -2.09. The van der Waals surface area contributed by atoms with Crippen LogP contribution in [0.3, 0.4) is 0 Å². The van der Waals surface area contributed by atoms with E-state index in [1.165, 1.54) is 12.1 Å². The second kappa shape index (κ2) is 9.11. The smallest absolute Gasteiger partial charge is 0.338 e. The lowest BCUT2D eigenvalue weighted by molar-refractivity contribution is -0.123. The van der Waals surface area contributed by atoms with Crippen molar-refractivity contribution in [2.45, 2.75) is 18.4 Å². The zero-order chi connectivity index (χ0) is 20.7. The highest BCUT2D eigenvalue weighted by atomic mass is 32.2. The van der Waals surface area contributed by atoms with Gasteiger partial charge in [0.2, 0.25) is 10.0 Å². The van der Waals surface area contributed by atoms with Crippen LogP contribution in [0.5, 0.6) is 0 Å². The normalized spacial score (nSPS) is 10.8. The summed E-state index contributed by atoms with van der Waals surface area (Å²) in [5.74, 6) is -1.75. The first kappa shape index (κ1) is 21.1. The number of nitrogens with two attached hydrogens (primary N) is 1. The van der Waals surface area contributed by atoms with Crippen molar-refractivity contribution in [3.8, 4) is 0 Å². The van der Waals surface area contributed by atoms with Crippen LogP contribution in [0.15, 0.2) is 53.4 Å². The molecule has 0 fully saturated rings. The van der Waals surface area contributed by atoms with Crippen LogP contribution in [0.25, 0.3) is 0 Å². The molecule has 4 N–H and O–H groups in total. The molecule has 9 nitrogen and oxygen atoms in total. The number of hydrogen-bond donors (Lipinski definition) is 3. The van der Waals surface area contributed by atoms with E-state index in [2.05, 4.69) is 5.32 Å². The number of primary sulfonamides is 1. The number of sulfonamides is 1. The lowest BCUT2D eigenvalue weighted by Crippen LogP contribution is -2.41. The number of nitrogens with one attached hydrogen (secondary N) is 2. The summed E-state index contributed by atoms with van der Waals surface area (Å²) in [5.41, 5.74) is 1.24. The van der Waals surface area contributed by atoms with Gasteiger partial charge in [-0.2, -0.15) is 0 Å². The van der Waals surface area contributed by atoms with Gasteiger partial charge in [0, 0.05) is 6.54 Å². The molecule has 0 bridgehead atoms. The fraction of sp³-hybridized carbons (Fsp3) is 0.167. The number of aryl methyl sites for hydroxylation is 1. The summed E-state index contributed by atoms with van der Waals surface area (Å²) in [5, 5.41) is 9.55. The third kappa shape index (κ3) is 6.18. The quantitative estimate of drug-likeness (QED) is 0.607. The molecule has 0 aliphatic carbocycles. The van der Waals surface area contributed by atoms with E-state index in [9.17, 15) is 22.8 Å². The highest BCUT2D eigenvalue weighted by Crippen LogP contribution is 2.15. The third-order valence-corrected chi connectivity index (χ3v) is 4.55. The van der Waals surface area contributed by atoms with Gasteiger partial charge in [-0.3, -0.25) is 10.1 Å². The molecule has 0 heterocycles. The molecule has 0 atom stereocenters. The minimum absolute atomic E-state index is 0.0483. The number of carbonyl (C=O) groups is 3. The van der Waals surface area contributed by atoms with E-state index in [1.807, 2.05) is 35.6 Å². The summed E-state index contributed by atoms with van der Waals surface area (Å²) in [6.45, 7) is 1.08. The van der Waals surface area contributed by atoms with E-state index in [0.29, 0.717) is 5.56 Å². The summed E-state index contributed by atoms with van der Waals surface area (Å²) in [6.07, 6.45) is 0. The van der Waals surface area contributed by atoms with Crippen LogP contribution in [0.1, 0.15) is 21.5 Å². The first-order valence-corrected chi connectivity index (χ1v) is 9.63. The molecule has 2 aromatic rings. The fourth-order valence-electron chi connectivity index (χ4n) is 2.19. The van der Waals surface area contributed by atoms with Gasteiger partial charge < -0.3 is 10.1 Å². The molecule has 148 valence electrons. The number of ether oxygens (including phenoxy) is 1. The predicted octanol–water partition coefficient (Wildman–Crippen LogP) is 0.825. The van der Waals surface area contributed by atoms with Gasteiger partial charge in [0.1, 0.15) is 0 Å². The maximum atomic E-state index is 12.1. The Balaban J connectivity index is 1.87. The number of benzene rings is 2. The summed E-state index contributed by atoms with van der Waals surface area (Å²) >= 11 is 0. The first-order chi connectivity index (χ1) is 13.2. The third-order valence-electron chi connectivity index (χ3n) is 3.64. The zero-order valence-corrected chi connectivity index (χ0v) is 15.8. The molecular weight excluding hydrogens is 386 g/mol. The molecule has 10 heteroatoms. The van der Waals surface area contributed by atoms with Gasteiger partial charge in [-0.1, -0.05) is 36.4 Å². The van der Waals surface area contributed by atoms with Gasteiger partial charge in [-0.15, -0.1) is 0 Å². The Hall–Kier alpha value is -3.24. The van der Waals surface area contributed by atoms with Crippen molar-refractivity contribution in [2.24, 2.45) is 5.14 Å². The molecule has 0 saturated carbocycles. The van der Waals surface area contributed by atoms with E-state index in [0.717, 1.165) is 11.6 Å². The van der Waals surface area contributed by atoms with Crippen molar-refractivity contribution in [3.63, 3.8) is 0 Å². The van der Waals surface area contributed by atoms with Crippen LogP contribution in [-0.4, -0.2) is 32.9 Å². The molecule has 0 radical (unpaired) electrons. The van der Waals surface area contributed by atoms with Gasteiger partial charge in [0.05, 0.1) is 10.5 Å². The fourth-order valence-corrected chi connectivity index (χ4v) is 2.73. The van der Waals surface area contributed by atoms with Gasteiger partial charge in [0.25, 0.3) is 5.91 Å². The van der Waals surface area contributed by atoms with Crippen LogP contribution in [0, 0.1) is 6.92 Å². The minimum Gasteiger partial charge on any atom is -0.452 e. The minimum atomic E-state index is -3.99. The Labute approximate surface area is 161 Å². The average Bonchev–Trinajstić information content (AvgIpc) is 2.64. The molecule has 2 rings (SSSR count). The molecule has 3 amide bonds. The van der Waals surface area contributed by atoms with E-state index in [1.54, 1.807) is 6.92 Å². The zero-order valence-electron chi connectivity index (χ0n) is 15.0. The Morgan fingerprint density at radius 2 is 1.75 bits per heavy atom. The Morgan fingerprint density at radius 3 is 2.39 bits per heavy atom. The van der Waals surface area contributed by atoms with Crippen molar-refractivity contribution in [3.05, 3.63) is 65.2 Å². The maximum Gasteiger partial charge on any atom is 0.338 e. The number of rotatable bonds is 6. The summed E-state index contributed by atoms with van der Waals surface area (Å²) in [4.78, 5) is 35.3. The Kier molecular flexibility index (Phi) is 6.85. The maximum absolute atomic E-state index is 12.1. The number of carbonyl (C=O) groups excluding carboxylic acids is 3. The van der Waals surface area contributed by atoms with Crippen molar-refractivity contribution in [2.75, 3.05) is 6.61 Å². The number of amides is 3. The molecular formula is C18H19N3O6S. The Morgan fingerprint density at radius 1 is 1.07 bits per heavy atom. The van der Waals surface area contributed by atoms with Crippen molar-refractivity contribution < 1.29 is 27.5 Å². The van der Waals surface area contributed by atoms with Crippen molar-refractivity contribution in [1.82, 2.24) is 10.6 Å². The first-order valence-electron chi connectivity index (χ1n) is 8.09. The average molecular weight is 405 g/mol. The van der Waals surface area contributed by atoms with Crippen molar-refractivity contribution >= 4 is 27.9 Å². The van der Waals surface area contributed by atoms with E-state index < -0.39 is 34.5 Å². The number of hydrogen-bond acceptors (Lipinski definition) is 6. The monoisotopic (exact) mass is 405 g/mol. The number of urea groups is 1. The van der Waals surface area contributed by atoms with Gasteiger partial charge in [-0.05, 0) is 30.2 Å². The highest BCUT2D eigenvalue weighted by Gasteiger charge is 2.17. The number of imide groups is 1. The molecule has 0 aromatic heterocycles. The molecule has 0 aliphatic heterocycles. The summed E-state index contributed by atoms with van der Waals surface area (Å²) in [7, 11) is -3.99. The highest BCUT2D eigenvalue weighted by molar-refractivity contribution is 7.89. The molecule has 0 unspecified atom stereocenters. The van der Waals surface area contributed by atoms with Crippen molar-refractivity contribution in [1.29, 1.82) is 0 Å². The van der Waals surface area contributed by atoms with Gasteiger partial charge >= 0.3 is 12.0 Å².